The van der Waals surface area contributed by atoms with Gasteiger partial charge >= 0.3 is 12.1 Å². The third-order valence-corrected chi connectivity index (χ3v) is 11.1. The second-order valence-electron chi connectivity index (χ2n) is 13.9. The zero-order chi connectivity index (χ0) is 38.0. The molecule has 3 heterocycles. The molecule has 9 atom stereocenters. The molecule has 2 fully saturated rings. The van der Waals surface area contributed by atoms with Crippen molar-refractivity contribution in [2.45, 2.75) is 95.7 Å². The molecule has 1 aromatic carbocycles. The van der Waals surface area contributed by atoms with Gasteiger partial charge in [-0.25, -0.2) is 9.59 Å². The number of allylic oxidation sites excluding steroid dienone is 3. The summed E-state index contributed by atoms with van der Waals surface area (Å²) in [5.74, 6) is -1.76. The minimum atomic E-state index is -1.82. The molecular formula is C36H50ClN3O10S. The molecule has 2 N–H and O–H groups in total. The first-order valence-electron chi connectivity index (χ1n) is 16.9. The van der Waals surface area contributed by atoms with Crippen LogP contribution >= 0.6 is 24.2 Å². The maximum atomic E-state index is 14.1. The average Bonchev–Trinajstić information content (AvgIpc) is 3.79. The first kappa shape index (κ1) is 40.5. The number of alkyl carbamates (subject to hydrolysis) is 1. The van der Waals surface area contributed by atoms with Gasteiger partial charge in [-0.2, -0.15) is 12.6 Å². The Morgan fingerprint density at radius 1 is 1.25 bits per heavy atom. The van der Waals surface area contributed by atoms with Gasteiger partial charge in [0.1, 0.15) is 40.7 Å². The van der Waals surface area contributed by atoms with Crippen LogP contribution < -0.4 is 15.0 Å². The highest BCUT2D eigenvalue weighted by Crippen LogP contribution is 2.49. The Balaban J connectivity index is 1.78. The number of esters is 1. The van der Waals surface area contributed by atoms with Gasteiger partial charge in [-0.15, -0.1) is 0 Å². The molecule has 2 unspecified atom stereocenters. The number of hydrogen-bond acceptors (Lipinski definition) is 11. The van der Waals surface area contributed by atoms with Crippen LogP contribution in [0.25, 0.3) is 0 Å². The predicted molar refractivity (Wildman–Crippen MR) is 194 cm³/mol. The van der Waals surface area contributed by atoms with Crippen LogP contribution in [-0.4, -0.2) is 110 Å². The molecule has 13 nitrogen and oxygen atoms in total. The van der Waals surface area contributed by atoms with Gasteiger partial charge in [-0.05, 0) is 44.9 Å². The number of thiol groups is 1. The van der Waals surface area contributed by atoms with Crippen molar-refractivity contribution < 1.29 is 48.0 Å². The number of hydrogen-bond donors (Lipinski definition) is 3. The SMILES string of the molecule is COc1cc2cc(c1Cl)N(C)C(=O)C[C@H](OC(=O)[C@H](C)N(C)C(=O)C(C)CS)[C@]1(C)O[C@H]1[C@H](C)C1C[C@@](O)(NC(=O)O1)[C@H](OC)/C=C/C=C(\C)C2. The van der Waals surface area contributed by atoms with Crippen LogP contribution in [0.15, 0.2) is 35.9 Å². The number of nitrogens with zero attached hydrogens (tertiary/aromatic N) is 2. The lowest BCUT2D eigenvalue weighted by molar-refractivity contribution is -0.162. The van der Waals surface area contributed by atoms with E-state index in [1.807, 2.05) is 13.0 Å². The number of nitrogens with one attached hydrogen (secondary N) is 1. The Morgan fingerprint density at radius 3 is 2.57 bits per heavy atom. The van der Waals surface area contributed by atoms with E-state index >= 15 is 0 Å². The molecule has 0 spiro atoms. The molecule has 4 bridgehead atoms. The number of ether oxygens (including phenoxy) is 5. The van der Waals surface area contributed by atoms with Crippen LogP contribution in [0.4, 0.5) is 10.5 Å². The summed E-state index contributed by atoms with van der Waals surface area (Å²) in [4.78, 5) is 56.1. The van der Waals surface area contributed by atoms with Crippen molar-refractivity contribution in [1.29, 1.82) is 0 Å². The van der Waals surface area contributed by atoms with Gasteiger partial charge in [0.25, 0.3) is 0 Å². The smallest absolute Gasteiger partial charge is 0.409 e. The molecule has 4 rings (SSSR count). The van der Waals surface area contributed by atoms with Crippen LogP contribution in [-0.2, 0) is 39.8 Å². The van der Waals surface area contributed by atoms with Gasteiger partial charge in [0, 0.05) is 45.2 Å². The van der Waals surface area contributed by atoms with Crippen molar-refractivity contribution in [3.8, 4) is 5.75 Å². The predicted octanol–water partition coefficient (Wildman–Crippen LogP) is 4.08. The largest absolute Gasteiger partial charge is 0.495 e. The maximum absolute atomic E-state index is 14.1. The molecule has 0 aliphatic carbocycles. The summed E-state index contributed by atoms with van der Waals surface area (Å²) in [5, 5.41) is 14.4. The molecule has 3 amide bonds. The van der Waals surface area contributed by atoms with E-state index < -0.39 is 71.6 Å². The van der Waals surface area contributed by atoms with E-state index in [0.29, 0.717) is 23.6 Å². The van der Waals surface area contributed by atoms with E-state index in [1.165, 1.54) is 31.1 Å². The van der Waals surface area contributed by atoms with Gasteiger partial charge in [-0.1, -0.05) is 49.2 Å². The Labute approximate surface area is 310 Å². The Kier molecular flexibility index (Phi) is 12.8. The molecule has 1 aromatic rings. The molecule has 15 heteroatoms. The topological polar surface area (TPSA) is 156 Å². The summed E-state index contributed by atoms with van der Waals surface area (Å²) < 4.78 is 29.1. The molecule has 3 aliphatic heterocycles. The van der Waals surface area contributed by atoms with Crippen LogP contribution in [0.3, 0.4) is 0 Å². The van der Waals surface area contributed by atoms with Crippen molar-refractivity contribution in [2.24, 2.45) is 11.8 Å². The Bertz CT molecular complexity index is 1570. The summed E-state index contributed by atoms with van der Waals surface area (Å²) in [7, 11) is 6.00. The number of rotatable bonds is 7. The third-order valence-electron chi connectivity index (χ3n) is 10.2. The fourth-order valence-corrected chi connectivity index (χ4v) is 7.09. The van der Waals surface area contributed by atoms with E-state index in [2.05, 4.69) is 17.9 Å². The highest BCUT2D eigenvalue weighted by molar-refractivity contribution is 7.80. The van der Waals surface area contributed by atoms with E-state index in [9.17, 15) is 24.3 Å². The van der Waals surface area contributed by atoms with E-state index in [1.54, 1.807) is 59.0 Å². The van der Waals surface area contributed by atoms with E-state index in [0.717, 1.165) is 11.1 Å². The number of likely N-dealkylation sites (N-methyl/N-ethyl adjacent to an activating group) is 1. The number of halogens is 1. The first-order chi connectivity index (χ1) is 23.9. The number of benzene rings is 1. The minimum Gasteiger partial charge on any atom is -0.495 e. The molecule has 0 radical (unpaired) electrons. The van der Waals surface area contributed by atoms with Crippen molar-refractivity contribution >= 4 is 53.8 Å². The summed E-state index contributed by atoms with van der Waals surface area (Å²) in [6, 6.07) is 2.59. The Hall–Kier alpha value is -3.30. The van der Waals surface area contributed by atoms with Crippen LogP contribution in [0.5, 0.6) is 5.75 Å². The molecule has 51 heavy (non-hydrogen) atoms. The fourth-order valence-electron chi connectivity index (χ4n) is 6.62. The lowest BCUT2D eigenvalue weighted by atomic mass is 9.83. The number of methoxy groups -OCH3 is 2. The van der Waals surface area contributed by atoms with Crippen molar-refractivity contribution in [3.05, 3.63) is 46.5 Å². The van der Waals surface area contributed by atoms with Crippen molar-refractivity contribution in [2.75, 3.05) is 39.0 Å². The summed E-state index contributed by atoms with van der Waals surface area (Å²) >= 11 is 11.0. The number of carbonyl (C=O) groups excluding carboxylic acids is 4. The van der Waals surface area contributed by atoms with Crippen molar-refractivity contribution in [3.63, 3.8) is 0 Å². The number of anilines is 1. The number of fused-ring (bicyclic) bond motifs is 5. The average molecular weight is 752 g/mol. The summed E-state index contributed by atoms with van der Waals surface area (Å²) in [5.41, 5.74) is -0.915. The van der Waals surface area contributed by atoms with Crippen LogP contribution in [0.2, 0.25) is 5.02 Å². The number of aliphatic hydroxyl groups is 1. The normalized spacial score (nSPS) is 32.6. The van der Waals surface area contributed by atoms with Crippen LogP contribution in [0, 0.1) is 11.8 Å². The molecule has 2 saturated heterocycles. The van der Waals surface area contributed by atoms with E-state index in [-0.39, 0.29) is 23.8 Å². The number of carbonyl (C=O) groups is 4. The van der Waals surface area contributed by atoms with Gasteiger partial charge in [0.2, 0.25) is 11.8 Å². The zero-order valence-electron chi connectivity index (χ0n) is 30.6. The van der Waals surface area contributed by atoms with Gasteiger partial charge < -0.3 is 38.6 Å². The second kappa shape index (κ2) is 16.2. The highest BCUT2D eigenvalue weighted by Gasteiger charge is 2.64. The molecule has 282 valence electrons. The van der Waals surface area contributed by atoms with Gasteiger partial charge in [0.15, 0.2) is 5.72 Å². The fraction of sp³-hybridized carbons (Fsp3) is 0.611. The monoisotopic (exact) mass is 751 g/mol. The minimum absolute atomic E-state index is 0.0507. The van der Waals surface area contributed by atoms with E-state index in [4.69, 9.17) is 35.3 Å². The third kappa shape index (κ3) is 8.68. The van der Waals surface area contributed by atoms with Gasteiger partial charge in [-0.3, -0.25) is 14.9 Å². The number of amides is 3. The molecule has 0 saturated carbocycles. The standard InChI is InChI=1S/C36H50ClN3O10S/c1-19-11-10-12-27(47-9)36(45)17-26(48-34(44)38-36)21(3)31-35(5,50-31)28(49-33(43)22(4)39(6)32(42)20(2)18-51)16-29(41)40(7)24-14-23(13-19)15-25(46-8)30(24)37/h10-12,14-15,20-22,26-28,31,45,51H,13,16-18H2,1-9H3,(H,38,44)/b12-10+,19-11+/t20?,21-,22+,26?,27-,28+,31+,35+,36+/m1/s1. The first-order valence-corrected chi connectivity index (χ1v) is 17.9. The molecule has 3 aliphatic rings. The Morgan fingerprint density at radius 2 is 1.94 bits per heavy atom. The van der Waals surface area contributed by atoms with Crippen molar-refractivity contribution in [1.82, 2.24) is 10.2 Å². The quantitative estimate of drug-likeness (QED) is 0.211. The molecular weight excluding hydrogens is 702 g/mol. The van der Waals surface area contributed by atoms with Gasteiger partial charge in [0.05, 0.1) is 25.3 Å². The lowest BCUT2D eigenvalue weighted by Crippen LogP contribution is -2.63. The summed E-state index contributed by atoms with van der Waals surface area (Å²) in [6.45, 7) is 8.69. The number of epoxide rings is 1. The summed E-state index contributed by atoms with van der Waals surface area (Å²) in [6.07, 6.45) is 0.932. The zero-order valence-corrected chi connectivity index (χ0v) is 32.2. The highest BCUT2D eigenvalue weighted by atomic mass is 35.5. The van der Waals surface area contributed by atoms with Crippen LogP contribution in [0.1, 0.15) is 53.0 Å². The second-order valence-corrected chi connectivity index (χ2v) is 14.7. The lowest BCUT2D eigenvalue weighted by Gasteiger charge is -2.42. The maximum Gasteiger partial charge on any atom is 0.409 e. The molecule has 0 aromatic heterocycles.